The molecule has 0 spiro atoms. The van der Waals surface area contributed by atoms with E-state index < -0.39 is 47.2 Å². The van der Waals surface area contributed by atoms with Gasteiger partial charge in [0, 0.05) is 80.0 Å². The Labute approximate surface area is 391 Å². The maximum Gasteiger partial charge on any atom is 0.324 e. The van der Waals surface area contributed by atoms with Crippen molar-refractivity contribution in [1.82, 2.24) is 40.5 Å². The third-order valence-electron chi connectivity index (χ3n) is 13.3. The molecule has 0 aliphatic carbocycles. The number of carbonyl (C=O) groups is 5. The molecule has 67 heavy (non-hydrogen) atoms. The molecule has 3 aromatic heterocycles. The highest BCUT2D eigenvalue weighted by Crippen LogP contribution is 2.41. The number of ketones is 1. The number of rotatable bonds is 11. The quantitative estimate of drug-likeness (QED) is 0.0954. The lowest BCUT2D eigenvalue weighted by Crippen LogP contribution is -2.62. The average Bonchev–Trinajstić information content (AvgIpc) is 4.13. The van der Waals surface area contributed by atoms with Crippen LogP contribution >= 0.6 is 0 Å². The first-order chi connectivity index (χ1) is 32.0. The number of carbonyl (C=O) groups excluding carboxylic acids is 5. The molecule has 5 aromatic rings. The van der Waals surface area contributed by atoms with E-state index in [1.165, 1.54) is 28.7 Å². The molecule has 2 aromatic carbocycles. The lowest BCUT2D eigenvalue weighted by atomic mass is 9.84. The van der Waals surface area contributed by atoms with Crippen molar-refractivity contribution in [2.24, 2.45) is 11.3 Å². The molecule has 0 radical (unpaired) electrons. The van der Waals surface area contributed by atoms with Crippen LogP contribution in [0.5, 0.6) is 5.75 Å². The summed E-state index contributed by atoms with van der Waals surface area (Å²) in [6.07, 6.45) is 7.79. The van der Waals surface area contributed by atoms with Crippen LogP contribution in [-0.4, -0.2) is 110 Å². The zero-order chi connectivity index (χ0) is 47.7. The van der Waals surface area contributed by atoms with Crippen molar-refractivity contribution < 1.29 is 33.8 Å². The number of hydrazine groups is 1. The maximum atomic E-state index is 14.7. The van der Waals surface area contributed by atoms with Crippen molar-refractivity contribution in [3.63, 3.8) is 0 Å². The summed E-state index contributed by atoms with van der Waals surface area (Å²) >= 11 is 0. The summed E-state index contributed by atoms with van der Waals surface area (Å²) in [6, 6.07) is 13.7. The number of aromatic nitrogens is 3. The Bertz CT molecular complexity index is 2710. The SMILES string of the molecule is CCc1ccncc1-c1c2c3cc(ccc3n1CC)-c1cc(O)cc(c1)C[C@H](NC(=O)[C@H](C(C)C)N(C)C(=O)c1ccc(CC(=O)[C@@H]3CN3)cn1)C(=O)N1CCC[C@H](N1)C(=O)OCC(C)(C)C2. The number of pyridine rings is 2. The van der Waals surface area contributed by atoms with Gasteiger partial charge in [0.15, 0.2) is 5.78 Å². The van der Waals surface area contributed by atoms with Crippen LogP contribution in [0, 0.1) is 11.3 Å². The molecule has 2 fully saturated rings. The second-order valence-electron chi connectivity index (χ2n) is 19.4. The highest BCUT2D eigenvalue weighted by Gasteiger charge is 2.38. The number of esters is 1. The minimum Gasteiger partial charge on any atom is -0.508 e. The molecule has 3 amide bonds. The van der Waals surface area contributed by atoms with Crippen LogP contribution in [0.1, 0.15) is 87.1 Å². The van der Waals surface area contributed by atoms with Crippen LogP contribution in [0.15, 0.2) is 73.2 Å². The Kier molecular flexibility index (Phi) is 13.6. The van der Waals surface area contributed by atoms with E-state index in [1.54, 1.807) is 24.3 Å². The summed E-state index contributed by atoms with van der Waals surface area (Å²) in [6.45, 7) is 13.8. The van der Waals surface area contributed by atoms with Gasteiger partial charge in [-0.15, -0.1) is 0 Å². The second kappa shape index (κ2) is 19.4. The van der Waals surface area contributed by atoms with E-state index >= 15 is 0 Å². The second-order valence-corrected chi connectivity index (χ2v) is 19.4. The van der Waals surface area contributed by atoms with E-state index in [9.17, 15) is 29.1 Å². The lowest BCUT2D eigenvalue weighted by molar-refractivity contribution is -0.155. The minimum atomic E-state index is -1.18. The molecule has 0 unspecified atom stereocenters. The standard InChI is InChI=1S/C52H62N8O7/c1-8-33-16-17-53-27-39(33)47-38-25-52(5,6)29-67-51(66)41-11-10-18-60(57-41)50(65)42(21-32-19-35(23-36(61)20-32)34-13-15-44(37(38)24-34)59(47)9-2)56-48(63)46(30(3)4)58(7)49(64)40-14-12-31(26-54-40)22-45(62)43-28-55-43/h12-17,19-20,23-24,26-27,30,41-43,46,55,57,61H,8-11,18,21-22,25,28-29H2,1-7H3,(H,56,63)/t41-,42-,43-,46-/m0/s1. The molecule has 8 rings (SSSR count). The van der Waals surface area contributed by atoms with Gasteiger partial charge in [-0.05, 0) is 108 Å². The van der Waals surface area contributed by atoms with Gasteiger partial charge in [-0.2, -0.15) is 0 Å². The summed E-state index contributed by atoms with van der Waals surface area (Å²) in [4.78, 5) is 79.6. The number of hydrogen-bond donors (Lipinski definition) is 4. The van der Waals surface area contributed by atoms with Gasteiger partial charge < -0.3 is 29.9 Å². The van der Waals surface area contributed by atoms with Gasteiger partial charge in [-0.25, -0.2) is 5.43 Å². The van der Waals surface area contributed by atoms with Crippen molar-refractivity contribution in [2.45, 2.75) is 111 Å². The number of phenolic OH excluding ortho intramolecular Hbond substituents is 1. The first-order valence-electron chi connectivity index (χ1n) is 23.5. The Morgan fingerprint density at radius 3 is 2.52 bits per heavy atom. The van der Waals surface area contributed by atoms with Gasteiger partial charge in [0.25, 0.3) is 11.8 Å². The van der Waals surface area contributed by atoms with Crippen LogP contribution in [-0.2, 0) is 56.1 Å². The normalized spacial score (nSPS) is 19.9. The Morgan fingerprint density at radius 1 is 1.03 bits per heavy atom. The van der Waals surface area contributed by atoms with Crippen molar-refractivity contribution in [3.8, 4) is 28.1 Å². The van der Waals surface area contributed by atoms with Gasteiger partial charge in [-0.1, -0.05) is 52.8 Å². The number of Topliss-reactive ketones (excluding diaryl/α,β-unsaturated/α-hetero) is 1. The first kappa shape index (κ1) is 47.1. The molecule has 3 aliphatic heterocycles. The fraction of sp³-hybridized carbons (Fsp3) is 0.442. The number of benzene rings is 2. The number of aromatic hydroxyl groups is 1. The van der Waals surface area contributed by atoms with E-state index in [0.29, 0.717) is 43.5 Å². The largest absolute Gasteiger partial charge is 0.508 e. The number of cyclic esters (lactones) is 1. The summed E-state index contributed by atoms with van der Waals surface area (Å²) < 4.78 is 8.42. The highest BCUT2D eigenvalue weighted by molar-refractivity contribution is 5.98. The molecule has 6 heterocycles. The Morgan fingerprint density at radius 2 is 1.82 bits per heavy atom. The van der Waals surface area contributed by atoms with E-state index in [1.807, 2.05) is 38.4 Å². The third kappa shape index (κ3) is 10.1. The predicted octanol–water partition coefficient (Wildman–Crippen LogP) is 5.58. The van der Waals surface area contributed by atoms with Crippen LogP contribution in [0.25, 0.3) is 33.3 Å². The third-order valence-corrected chi connectivity index (χ3v) is 13.3. The summed E-state index contributed by atoms with van der Waals surface area (Å²) in [5.74, 6) is -2.35. The number of fused-ring (bicyclic) bond motifs is 6. The van der Waals surface area contributed by atoms with E-state index in [0.717, 1.165) is 45.3 Å². The van der Waals surface area contributed by atoms with E-state index in [-0.39, 0.29) is 55.2 Å². The molecule has 352 valence electrons. The van der Waals surface area contributed by atoms with Crippen LogP contribution in [0.4, 0.5) is 0 Å². The number of aryl methyl sites for hydroxylation is 2. The van der Waals surface area contributed by atoms with E-state index in [2.05, 4.69) is 76.5 Å². The molecule has 4 atom stereocenters. The maximum absolute atomic E-state index is 14.7. The topological polar surface area (TPSA) is 198 Å². The molecular formula is C52H62N8O7. The minimum absolute atomic E-state index is 0.00738. The fourth-order valence-corrected chi connectivity index (χ4v) is 9.71. The lowest BCUT2D eigenvalue weighted by Gasteiger charge is -2.36. The number of hydrogen-bond acceptors (Lipinski definition) is 11. The van der Waals surface area contributed by atoms with Gasteiger partial charge in [0.05, 0.1) is 18.3 Å². The van der Waals surface area contributed by atoms with Crippen molar-refractivity contribution in [1.29, 1.82) is 0 Å². The smallest absolute Gasteiger partial charge is 0.324 e. The van der Waals surface area contributed by atoms with Gasteiger partial charge in [-0.3, -0.25) is 38.9 Å². The van der Waals surface area contributed by atoms with Crippen molar-refractivity contribution in [2.75, 3.05) is 26.7 Å². The molecule has 15 nitrogen and oxygen atoms in total. The molecule has 2 saturated heterocycles. The van der Waals surface area contributed by atoms with Crippen molar-refractivity contribution in [3.05, 3.63) is 101 Å². The average molecular weight is 911 g/mol. The highest BCUT2D eigenvalue weighted by atomic mass is 16.5. The monoisotopic (exact) mass is 910 g/mol. The first-order valence-corrected chi connectivity index (χ1v) is 23.5. The summed E-state index contributed by atoms with van der Waals surface area (Å²) in [5.41, 5.74) is 11.0. The molecule has 4 N–H and O–H groups in total. The van der Waals surface area contributed by atoms with E-state index in [4.69, 9.17) is 4.74 Å². The van der Waals surface area contributed by atoms with Crippen LogP contribution in [0.2, 0.25) is 0 Å². The Balaban J connectivity index is 1.16. The number of nitrogens with zero attached hydrogens (tertiary/aromatic N) is 5. The summed E-state index contributed by atoms with van der Waals surface area (Å²) in [7, 11) is 1.53. The number of phenols is 1. The van der Waals surface area contributed by atoms with Crippen LogP contribution in [0.3, 0.4) is 0 Å². The number of ether oxygens (including phenoxy) is 1. The zero-order valence-electron chi connectivity index (χ0n) is 39.5. The molecule has 15 heteroatoms. The fourth-order valence-electron chi connectivity index (χ4n) is 9.71. The van der Waals surface area contributed by atoms with Crippen molar-refractivity contribution >= 4 is 40.4 Å². The molecule has 6 bridgehead atoms. The number of likely N-dealkylation sites (N-methyl/N-ethyl adjacent to an activating group) is 1. The van der Waals surface area contributed by atoms with Gasteiger partial charge >= 0.3 is 5.97 Å². The summed E-state index contributed by atoms with van der Waals surface area (Å²) in [5, 5.41) is 19.7. The molecule has 0 saturated carbocycles. The van der Waals surface area contributed by atoms with Gasteiger partial charge in [0.2, 0.25) is 5.91 Å². The number of amides is 3. The molecular weight excluding hydrogens is 849 g/mol. The number of nitrogens with one attached hydrogen (secondary N) is 3. The zero-order valence-corrected chi connectivity index (χ0v) is 39.5. The van der Waals surface area contributed by atoms with Crippen LogP contribution < -0.4 is 16.1 Å². The predicted molar refractivity (Wildman–Crippen MR) is 255 cm³/mol. The van der Waals surface area contributed by atoms with Gasteiger partial charge in [0.1, 0.15) is 29.6 Å². The Hall–Kier alpha value is -6.45. The molecule has 3 aliphatic rings.